The maximum absolute atomic E-state index is 14.1. The lowest BCUT2D eigenvalue weighted by atomic mass is 9.39. The van der Waals surface area contributed by atoms with Gasteiger partial charge in [0.2, 0.25) is 0 Å². The van der Waals surface area contributed by atoms with Crippen molar-refractivity contribution in [1.82, 2.24) is 0 Å². The van der Waals surface area contributed by atoms with Crippen LogP contribution in [0.2, 0.25) is 0 Å². The van der Waals surface area contributed by atoms with Crippen molar-refractivity contribution in [3.8, 4) is 0 Å². The van der Waals surface area contributed by atoms with Crippen LogP contribution >= 0.6 is 0 Å². The number of ether oxygens (including phenoxy) is 1. The van der Waals surface area contributed by atoms with Crippen LogP contribution in [0.3, 0.4) is 0 Å². The number of methoxy groups -OCH3 is 1. The predicted molar refractivity (Wildman–Crippen MR) is 141 cm³/mol. The van der Waals surface area contributed by atoms with E-state index in [0.29, 0.717) is 12.0 Å². The second-order valence-corrected chi connectivity index (χ2v) is 13.7. The summed E-state index contributed by atoms with van der Waals surface area (Å²) >= 11 is 0. The summed E-state index contributed by atoms with van der Waals surface area (Å²) in [5, 5.41) is 16.9. The molecule has 8 unspecified atom stereocenters. The zero-order valence-corrected chi connectivity index (χ0v) is 23.7. The molecule has 37 heavy (non-hydrogen) atoms. The van der Waals surface area contributed by atoms with Gasteiger partial charge in [-0.15, -0.1) is 0 Å². The summed E-state index contributed by atoms with van der Waals surface area (Å²) in [6.07, 6.45) is 9.62. The summed E-state index contributed by atoms with van der Waals surface area (Å²) in [6, 6.07) is 0. The smallest absolute Gasteiger partial charge is 0.312 e. The molecule has 0 amide bonds. The Balaban J connectivity index is 0.00000156. The minimum Gasteiger partial charge on any atom is -0.515 e. The largest absolute Gasteiger partial charge is 0.515 e. The van der Waals surface area contributed by atoms with Crippen molar-refractivity contribution in [2.45, 2.75) is 86.0 Å². The van der Waals surface area contributed by atoms with Crippen LogP contribution in [0.5, 0.6) is 0 Å². The fraction of sp³-hybridized carbons (Fsp3) is 0.774. The minimum atomic E-state index is -0.553. The van der Waals surface area contributed by atoms with Gasteiger partial charge in [-0.05, 0) is 91.4 Å². The number of rotatable bonds is 1. The van der Waals surface area contributed by atoms with Crippen molar-refractivity contribution in [1.29, 1.82) is 0 Å². The molecule has 0 aliphatic heterocycles. The van der Waals surface area contributed by atoms with Gasteiger partial charge >= 0.3 is 5.97 Å². The molecule has 4 fully saturated rings. The molecule has 0 aromatic heterocycles. The van der Waals surface area contributed by atoms with E-state index in [1.54, 1.807) is 0 Å². The molecule has 4 saturated carbocycles. The second-order valence-electron chi connectivity index (χ2n) is 13.7. The van der Waals surface area contributed by atoms with Crippen molar-refractivity contribution in [2.24, 2.45) is 51.2 Å². The Labute approximate surface area is 221 Å². The minimum absolute atomic E-state index is 0.00450. The quantitative estimate of drug-likeness (QED) is 0.269. The van der Waals surface area contributed by atoms with Gasteiger partial charge in [-0.3, -0.25) is 14.4 Å². The van der Waals surface area contributed by atoms with Crippen LogP contribution in [-0.4, -0.2) is 42.0 Å². The van der Waals surface area contributed by atoms with E-state index < -0.39 is 5.41 Å². The highest BCUT2D eigenvalue weighted by Gasteiger charge is 2.66. The van der Waals surface area contributed by atoms with E-state index >= 15 is 0 Å². The number of carbonyl (C=O) groups excluding carboxylic acids is 3. The first kappa shape index (κ1) is 28.1. The number of ketones is 2. The zero-order valence-electron chi connectivity index (χ0n) is 23.7. The maximum atomic E-state index is 14.1. The third kappa shape index (κ3) is 3.87. The predicted octanol–water partition coefficient (Wildman–Crippen LogP) is 5.59. The van der Waals surface area contributed by atoms with Crippen molar-refractivity contribution >= 4 is 17.5 Å². The van der Waals surface area contributed by atoms with Crippen LogP contribution in [-0.2, 0) is 19.1 Å². The Kier molecular flexibility index (Phi) is 7.10. The molecule has 0 bridgehead atoms. The molecule has 5 aliphatic carbocycles. The average molecular weight is 515 g/mol. The number of Topliss-reactive ketones (excluding diaryl/α,β-unsaturated/α-hetero) is 1. The molecular formula is C31H46O6. The number of aliphatic hydroxyl groups excluding tert-OH is 2. The van der Waals surface area contributed by atoms with E-state index in [4.69, 9.17) is 9.84 Å². The fourth-order valence-electron chi connectivity index (χ4n) is 9.77. The zero-order chi connectivity index (χ0) is 27.6. The first-order valence-electron chi connectivity index (χ1n) is 14.0. The molecule has 8 atom stereocenters. The lowest BCUT2D eigenvalue weighted by molar-refractivity contribution is -0.178. The molecule has 0 aromatic carbocycles. The Bertz CT molecular complexity index is 1040. The molecule has 5 rings (SSSR count). The average Bonchev–Trinajstić information content (AvgIpc) is 2.87. The summed E-state index contributed by atoms with van der Waals surface area (Å²) in [6.45, 7) is 11.1. The summed E-state index contributed by atoms with van der Waals surface area (Å²) < 4.78 is 5.37. The number of aliphatic hydroxyl groups is 2. The molecule has 0 spiro atoms. The first-order chi connectivity index (χ1) is 17.3. The van der Waals surface area contributed by atoms with E-state index in [2.05, 4.69) is 27.7 Å². The van der Waals surface area contributed by atoms with Crippen molar-refractivity contribution < 1.29 is 29.3 Å². The van der Waals surface area contributed by atoms with Crippen LogP contribution in [0.25, 0.3) is 0 Å². The topological polar surface area (TPSA) is 101 Å². The number of hydrogen-bond donors (Lipinski definition) is 2. The number of esters is 1. The molecule has 206 valence electrons. The van der Waals surface area contributed by atoms with Crippen LogP contribution in [0.1, 0.15) is 86.0 Å². The third-order valence-corrected chi connectivity index (χ3v) is 11.6. The van der Waals surface area contributed by atoms with Crippen molar-refractivity contribution in [3.05, 3.63) is 23.5 Å². The molecule has 0 saturated heterocycles. The van der Waals surface area contributed by atoms with Gasteiger partial charge in [0.05, 0.1) is 18.8 Å². The highest BCUT2D eigenvalue weighted by Crippen LogP contribution is 2.70. The number of allylic oxidation sites excluding steroid dienone is 3. The van der Waals surface area contributed by atoms with Gasteiger partial charge in [-0.1, -0.05) is 40.2 Å². The molecule has 0 aromatic rings. The molecule has 0 heterocycles. The summed E-state index contributed by atoms with van der Waals surface area (Å²) in [4.78, 5) is 40.2. The Morgan fingerprint density at radius 1 is 0.973 bits per heavy atom. The number of carbonyl (C=O) groups is 3. The van der Waals surface area contributed by atoms with Gasteiger partial charge in [0.15, 0.2) is 11.6 Å². The molecular weight excluding hydrogens is 468 g/mol. The third-order valence-electron chi connectivity index (χ3n) is 11.6. The van der Waals surface area contributed by atoms with E-state index in [1.807, 2.05) is 13.0 Å². The second kappa shape index (κ2) is 9.36. The fourth-order valence-corrected chi connectivity index (χ4v) is 9.77. The van der Waals surface area contributed by atoms with Crippen molar-refractivity contribution in [2.75, 3.05) is 14.2 Å². The Hall–Kier alpha value is -1.95. The van der Waals surface area contributed by atoms with E-state index in [0.717, 1.165) is 58.3 Å². The Morgan fingerprint density at radius 3 is 2.24 bits per heavy atom. The normalized spacial score (nSPS) is 45.2. The summed E-state index contributed by atoms with van der Waals surface area (Å²) in [5.41, 5.74) is 0.749. The number of hydrogen-bond acceptors (Lipinski definition) is 6. The molecule has 6 heteroatoms. The molecule has 5 aliphatic rings. The maximum Gasteiger partial charge on any atom is 0.312 e. The van der Waals surface area contributed by atoms with E-state index in [-0.39, 0.29) is 63.4 Å². The lowest BCUT2D eigenvalue weighted by Gasteiger charge is -2.64. The lowest BCUT2D eigenvalue weighted by Crippen LogP contribution is -2.61. The van der Waals surface area contributed by atoms with Crippen LogP contribution in [0.4, 0.5) is 0 Å². The van der Waals surface area contributed by atoms with Crippen LogP contribution in [0, 0.1) is 51.2 Å². The highest BCUT2D eigenvalue weighted by molar-refractivity contribution is 5.99. The van der Waals surface area contributed by atoms with Crippen molar-refractivity contribution in [3.63, 3.8) is 0 Å². The van der Waals surface area contributed by atoms with Gasteiger partial charge in [0, 0.05) is 24.5 Å². The Morgan fingerprint density at radius 2 is 1.62 bits per heavy atom. The SMILES string of the molecule is CO.COC(=O)C12CCC3C(C(=O)C=C4C5(C)C/C(=C/O)C(=O)C(C)C5CCC43C)C1CC(C)(C)CC2. The van der Waals surface area contributed by atoms with Crippen LogP contribution in [0.15, 0.2) is 23.5 Å². The highest BCUT2D eigenvalue weighted by atomic mass is 16.5. The monoisotopic (exact) mass is 514 g/mol. The van der Waals surface area contributed by atoms with Gasteiger partial charge in [0.25, 0.3) is 0 Å². The summed E-state index contributed by atoms with van der Waals surface area (Å²) in [7, 11) is 2.49. The van der Waals surface area contributed by atoms with Crippen LogP contribution < -0.4 is 0 Å². The number of fused-ring (bicyclic) bond motifs is 7. The van der Waals surface area contributed by atoms with E-state index in [1.165, 1.54) is 12.7 Å². The summed E-state index contributed by atoms with van der Waals surface area (Å²) in [5.74, 6) is 0.132. The molecule has 0 radical (unpaired) electrons. The van der Waals surface area contributed by atoms with Gasteiger partial charge in [-0.25, -0.2) is 0 Å². The van der Waals surface area contributed by atoms with Gasteiger partial charge < -0.3 is 14.9 Å². The molecule has 6 nitrogen and oxygen atoms in total. The standard InChI is InChI=1S/C30H42O5.CH4O/c1-17-19-7-9-28(4)20-8-10-30(26(34)35-6)12-11-27(2,3)15-21(30)24(20)22(32)13-23(28)29(19,5)14-18(16-31)25(17)33;1-2/h13,16-17,19-21,24,31H,7-12,14-15H2,1-6H3;2H,1H3/b18-16-;. The molecule has 2 N–H and O–H groups in total. The van der Waals surface area contributed by atoms with E-state index in [9.17, 15) is 19.5 Å². The van der Waals surface area contributed by atoms with Gasteiger partial charge in [0.1, 0.15) is 0 Å². The van der Waals surface area contributed by atoms with Gasteiger partial charge in [-0.2, -0.15) is 0 Å². The first-order valence-corrected chi connectivity index (χ1v) is 14.0.